The summed E-state index contributed by atoms with van der Waals surface area (Å²) in [6.45, 7) is 6.68. The zero-order chi connectivity index (χ0) is 28.3. The van der Waals surface area contributed by atoms with Crippen LogP contribution in [0.4, 0.5) is 11.8 Å². The van der Waals surface area contributed by atoms with E-state index in [9.17, 15) is 10.1 Å². The number of hydrogen-bond acceptors (Lipinski definition) is 10. The highest BCUT2D eigenvalue weighted by Gasteiger charge is 2.26. The summed E-state index contributed by atoms with van der Waals surface area (Å²) in [5.41, 5.74) is 1.37. The Hall–Kier alpha value is -4.26. The predicted molar refractivity (Wildman–Crippen MR) is 150 cm³/mol. The number of morpholine rings is 1. The second-order valence-corrected chi connectivity index (χ2v) is 10.7. The summed E-state index contributed by atoms with van der Waals surface area (Å²) in [4.78, 5) is 30.9. The van der Waals surface area contributed by atoms with Gasteiger partial charge in [-0.25, -0.2) is 9.55 Å². The largest absolute Gasteiger partial charge is 0.484 e. The van der Waals surface area contributed by atoms with E-state index in [0.29, 0.717) is 36.6 Å². The van der Waals surface area contributed by atoms with Crippen LogP contribution in [-0.4, -0.2) is 66.4 Å². The third-order valence-electron chi connectivity index (χ3n) is 7.73. The Balaban J connectivity index is 1.25. The second kappa shape index (κ2) is 11.7. The topological polar surface area (TPSA) is 135 Å². The third kappa shape index (κ3) is 5.80. The first kappa shape index (κ1) is 26.9. The molecule has 13 heteroatoms. The first-order valence-corrected chi connectivity index (χ1v) is 14.1. The van der Waals surface area contributed by atoms with Crippen molar-refractivity contribution in [1.82, 2.24) is 29.1 Å². The van der Waals surface area contributed by atoms with Crippen molar-refractivity contribution in [2.75, 3.05) is 31.2 Å². The second-order valence-electron chi connectivity index (χ2n) is 10.7. The van der Waals surface area contributed by atoms with Gasteiger partial charge in [0.2, 0.25) is 5.88 Å². The maximum atomic E-state index is 11.4. The van der Waals surface area contributed by atoms with Crippen LogP contribution < -0.4 is 14.4 Å². The van der Waals surface area contributed by atoms with Crippen molar-refractivity contribution >= 4 is 22.7 Å². The third-order valence-corrected chi connectivity index (χ3v) is 7.73. The van der Waals surface area contributed by atoms with Gasteiger partial charge in [0.05, 0.1) is 42.7 Å². The number of aromatic nitrogens is 6. The first-order valence-electron chi connectivity index (χ1n) is 14.1. The van der Waals surface area contributed by atoms with E-state index in [1.807, 2.05) is 44.7 Å². The van der Waals surface area contributed by atoms with Crippen LogP contribution in [0.25, 0.3) is 10.9 Å². The molecule has 0 radical (unpaired) electrons. The van der Waals surface area contributed by atoms with Crippen molar-refractivity contribution in [3.8, 4) is 11.6 Å². The lowest BCUT2D eigenvalue weighted by atomic mass is 9.93. The molecule has 1 saturated carbocycles. The molecule has 216 valence electrons. The summed E-state index contributed by atoms with van der Waals surface area (Å²) in [5, 5.41) is 12.2. The van der Waals surface area contributed by atoms with E-state index in [2.05, 4.69) is 19.4 Å². The van der Waals surface area contributed by atoms with Crippen LogP contribution in [0.5, 0.6) is 11.6 Å². The Kier molecular flexibility index (Phi) is 7.68. The Labute approximate surface area is 237 Å². The van der Waals surface area contributed by atoms with Crippen molar-refractivity contribution in [2.24, 2.45) is 0 Å². The lowest BCUT2D eigenvalue weighted by Crippen LogP contribution is -2.36. The van der Waals surface area contributed by atoms with E-state index in [4.69, 9.17) is 24.2 Å². The maximum Gasteiger partial charge on any atom is 0.435 e. The van der Waals surface area contributed by atoms with Gasteiger partial charge in [0.15, 0.2) is 5.69 Å². The smallest absolute Gasteiger partial charge is 0.435 e. The molecule has 1 saturated heterocycles. The average molecular weight is 563 g/mol. The molecule has 1 aliphatic heterocycles. The van der Waals surface area contributed by atoms with Crippen LogP contribution in [0.2, 0.25) is 0 Å². The summed E-state index contributed by atoms with van der Waals surface area (Å²) in [6.07, 6.45) is 12.7. The van der Waals surface area contributed by atoms with Crippen LogP contribution in [0.1, 0.15) is 57.3 Å². The number of imidazole rings is 2. The number of ether oxygens (including phenoxy) is 3. The number of anilines is 1. The minimum Gasteiger partial charge on any atom is -0.484 e. The quantitative estimate of drug-likeness (QED) is 0.212. The van der Waals surface area contributed by atoms with Gasteiger partial charge in [0.25, 0.3) is 0 Å². The van der Waals surface area contributed by atoms with Crippen molar-refractivity contribution in [3.63, 3.8) is 0 Å². The molecular formula is C28H34N8O5. The fourth-order valence-electron chi connectivity index (χ4n) is 5.64. The Bertz CT molecular complexity index is 1490. The molecule has 2 aliphatic rings. The number of rotatable bonds is 9. The van der Waals surface area contributed by atoms with Crippen molar-refractivity contribution in [1.29, 1.82) is 0 Å². The minimum absolute atomic E-state index is 0.0379. The predicted octanol–water partition coefficient (Wildman–Crippen LogP) is 4.49. The molecule has 0 N–H and O–H groups in total. The molecule has 1 aliphatic carbocycles. The summed E-state index contributed by atoms with van der Waals surface area (Å²) in [5.74, 6) is 1.67. The maximum absolute atomic E-state index is 11.4. The molecule has 0 amide bonds. The molecule has 0 spiro atoms. The summed E-state index contributed by atoms with van der Waals surface area (Å²) in [6, 6.07) is 4.15. The Morgan fingerprint density at radius 1 is 1.12 bits per heavy atom. The number of nitrogens with zero attached hydrogens (tertiary/aromatic N) is 8. The zero-order valence-corrected chi connectivity index (χ0v) is 23.3. The fourth-order valence-corrected chi connectivity index (χ4v) is 5.64. The molecule has 0 atom stereocenters. The molecule has 0 bridgehead atoms. The van der Waals surface area contributed by atoms with Gasteiger partial charge in [0.1, 0.15) is 30.5 Å². The van der Waals surface area contributed by atoms with Gasteiger partial charge in [-0.2, -0.15) is 4.98 Å². The summed E-state index contributed by atoms with van der Waals surface area (Å²) >= 11 is 0. The highest BCUT2D eigenvalue weighted by molar-refractivity contribution is 5.87. The van der Waals surface area contributed by atoms with Crippen LogP contribution in [0.15, 0.2) is 43.2 Å². The molecule has 13 nitrogen and oxygen atoms in total. The van der Waals surface area contributed by atoms with E-state index in [0.717, 1.165) is 55.5 Å². The number of nitro groups is 1. The summed E-state index contributed by atoms with van der Waals surface area (Å²) in [7, 11) is 0. The van der Waals surface area contributed by atoms with Gasteiger partial charge in [-0.05, 0) is 50.5 Å². The molecule has 4 aromatic heterocycles. The number of pyridine rings is 2. The highest BCUT2D eigenvalue weighted by atomic mass is 16.6. The van der Waals surface area contributed by atoms with Crippen molar-refractivity contribution in [2.45, 2.75) is 64.3 Å². The number of hydrogen-bond donors (Lipinski definition) is 0. The Morgan fingerprint density at radius 2 is 1.93 bits per heavy atom. The standard InChI is InChI=1S/C28H34N8O5/c1-19(2)35-21(15-31-28(35)36(37)38)17-40-23-13-24-25(30-16-23)14-26(33-9-11-39-12-10-33)32-27(24)41-22-5-3-20(4-6-22)34-8-7-29-18-34/h7-8,13-16,18-20,22H,3-6,9-12,17H2,1-2H3/t20-,22+. The monoisotopic (exact) mass is 562 g/mol. The molecule has 41 heavy (non-hydrogen) atoms. The van der Waals surface area contributed by atoms with Gasteiger partial charge in [-0.15, -0.1) is 0 Å². The van der Waals surface area contributed by atoms with Crippen LogP contribution in [0, 0.1) is 10.1 Å². The van der Waals surface area contributed by atoms with Crippen LogP contribution >= 0.6 is 0 Å². The van der Waals surface area contributed by atoms with Gasteiger partial charge < -0.3 is 33.8 Å². The van der Waals surface area contributed by atoms with Gasteiger partial charge in [-0.1, -0.05) is 4.98 Å². The average Bonchev–Trinajstić information content (AvgIpc) is 3.68. The lowest BCUT2D eigenvalue weighted by molar-refractivity contribution is -0.397. The Morgan fingerprint density at radius 3 is 2.63 bits per heavy atom. The van der Waals surface area contributed by atoms with Crippen molar-refractivity contribution < 1.29 is 19.1 Å². The molecule has 6 rings (SSSR count). The normalized spacial score (nSPS) is 19.5. The highest BCUT2D eigenvalue weighted by Crippen LogP contribution is 2.35. The number of fused-ring (bicyclic) bond motifs is 1. The zero-order valence-electron chi connectivity index (χ0n) is 23.3. The van der Waals surface area contributed by atoms with E-state index in [1.54, 1.807) is 10.8 Å². The van der Waals surface area contributed by atoms with E-state index >= 15 is 0 Å². The molecule has 2 fully saturated rings. The van der Waals surface area contributed by atoms with E-state index in [1.165, 1.54) is 6.20 Å². The first-order chi connectivity index (χ1) is 20.0. The molecule has 4 aromatic rings. The fraction of sp³-hybridized carbons (Fsp3) is 0.500. The van der Waals surface area contributed by atoms with Gasteiger partial charge in [-0.3, -0.25) is 4.98 Å². The van der Waals surface area contributed by atoms with E-state index in [-0.39, 0.29) is 24.7 Å². The van der Waals surface area contributed by atoms with Crippen LogP contribution in [0.3, 0.4) is 0 Å². The lowest BCUT2D eigenvalue weighted by Gasteiger charge is -2.31. The molecular weight excluding hydrogens is 528 g/mol. The SMILES string of the molecule is CC(C)n1c(COc2cnc3cc(N4CCOCC4)nc(O[C@H]4CC[C@@H](n5ccnc5)CC4)c3c2)cnc1[N+](=O)[O-]. The molecule has 0 unspecified atom stereocenters. The molecule has 5 heterocycles. The minimum atomic E-state index is -0.481. The molecule has 0 aromatic carbocycles. The van der Waals surface area contributed by atoms with Crippen LogP contribution in [-0.2, 0) is 11.3 Å². The van der Waals surface area contributed by atoms with Crippen molar-refractivity contribution in [3.05, 3.63) is 59.1 Å². The summed E-state index contributed by atoms with van der Waals surface area (Å²) < 4.78 is 21.9. The van der Waals surface area contributed by atoms with Gasteiger partial charge >= 0.3 is 5.95 Å². The van der Waals surface area contributed by atoms with E-state index < -0.39 is 4.92 Å². The van der Waals surface area contributed by atoms with Gasteiger partial charge in [0, 0.05) is 37.6 Å².